The SMILES string of the molecule is C=CCCCCCC(CC)CC.N. The Morgan fingerprint density at radius 2 is 1.69 bits per heavy atom. The summed E-state index contributed by atoms with van der Waals surface area (Å²) in [5.74, 6) is 0.980. The predicted octanol–water partition coefficient (Wildman–Crippen LogP) is 4.72. The van der Waals surface area contributed by atoms with E-state index in [2.05, 4.69) is 20.4 Å². The molecule has 0 rings (SSSR count). The Morgan fingerprint density at radius 3 is 2.15 bits per heavy atom. The number of allylic oxidation sites excluding steroid dienone is 1. The van der Waals surface area contributed by atoms with Crippen LogP contribution in [-0.2, 0) is 0 Å². The largest absolute Gasteiger partial charge is 0.344 e. The van der Waals surface area contributed by atoms with Crippen LogP contribution in [0.3, 0.4) is 0 Å². The van der Waals surface area contributed by atoms with E-state index in [1.807, 2.05) is 6.08 Å². The van der Waals surface area contributed by atoms with E-state index >= 15 is 0 Å². The summed E-state index contributed by atoms with van der Waals surface area (Å²) in [5.41, 5.74) is 0. The van der Waals surface area contributed by atoms with Crippen LogP contribution in [0.4, 0.5) is 0 Å². The zero-order valence-corrected chi connectivity index (χ0v) is 9.52. The summed E-state index contributed by atoms with van der Waals surface area (Å²) in [6.07, 6.45) is 11.5. The lowest BCUT2D eigenvalue weighted by atomic mass is 9.96. The van der Waals surface area contributed by atoms with Crippen LogP contribution in [0.1, 0.15) is 58.8 Å². The molecule has 0 spiro atoms. The summed E-state index contributed by atoms with van der Waals surface area (Å²) < 4.78 is 0. The Bertz CT molecular complexity index is 95.3. The highest BCUT2D eigenvalue weighted by Crippen LogP contribution is 2.16. The smallest absolute Gasteiger partial charge is 0.0353 e. The van der Waals surface area contributed by atoms with Gasteiger partial charge in [0.25, 0.3) is 0 Å². The molecule has 1 nitrogen and oxygen atoms in total. The third-order valence-electron chi connectivity index (χ3n) is 2.68. The highest BCUT2D eigenvalue weighted by molar-refractivity contribution is 4.65. The Kier molecular flexibility index (Phi) is 13.7. The zero-order valence-electron chi connectivity index (χ0n) is 9.52. The van der Waals surface area contributed by atoms with Crippen LogP contribution in [0.5, 0.6) is 0 Å². The van der Waals surface area contributed by atoms with Crippen molar-refractivity contribution in [2.45, 2.75) is 58.8 Å². The van der Waals surface area contributed by atoms with Gasteiger partial charge in [-0.3, -0.25) is 0 Å². The van der Waals surface area contributed by atoms with Crippen molar-refractivity contribution in [3.63, 3.8) is 0 Å². The van der Waals surface area contributed by atoms with E-state index in [1.165, 1.54) is 44.9 Å². The molecule has 0 atom stereocenters. The lowest BCUT2D eigenvalue weighted by Crippen LogP contribution is -1.95. The molecule has 0 aliphatic heterocycles. The molecule has 0 amide bonds. The first-order chi connectivity index (χ1) is 5.85. The summed E-state index contributed by atoms with van der Waals surface area (Å²) in [7, 11) is 0. The van der Waals surface area contributed by atoms with Crippen molar-refractivity contribution in [3.05, 3.63) is 12.7 Å². The average Bonchev–Trinajstić information content (AvgIpc) is 2.11. The van der Waals surface area contributed by atoms with Crippen LogP contribution in [0.25, 0.3) is 0 Å². The van der Waals surface area contributed by atoms with Gasteiger partial charge in [0.1, 0.15) is 0 Å². The van der Waals surface area contributed by atoms with E-state index < -0.39 is 0 Å². The second kappa shape index (κ2) is 11.7. The van der Waals surface area contributed by atoms with Crippen molar-refractivity contribution in [1.82, 2.24) is 6.15 Å². The van der Waals surface area contributed by atoms with Crippen molar-refractivity contribution < 1.29 is 0 Å². The van der Waals surface area contributed by atoms with E-state index in [0.717, 1.165) is 5.92 Å². The van der Waals surface area contributed by atoms with Gasteiger partial charge in [-0.25, -0.2) is 0 Å². The topological polar surface area (TPSA) is 35.0 Å². The first-order valence-corrected chi connectivity index (χ1v) is 5.46. The van der Waals surface area contributed by atoms with Crippen LogP contribution >= 0.6 is 0 Å². The molecule has 1 heteroatoms. The van der Waals surface area contributed by atoms with Gasteiger partial charge in [-0.05, 0) is 18.8 Å². The normalized spacial score (nSPS) is 9.77. The van der Waals surface area contributed by atoms with Crippen LogP contribution in [0.15, 0.2) is 12.7 Å². The van der Waals surface area contributed by atoms with Crippen molar-refractivity contribution in [3.8, 4) is 0 Å². The van der Waals surface area contributed by atoms with Gasteiger partial charge in [-0.15, -0.1) is 6.58 Å². The lowest BCUT2D eigenvalue weighted by molar-refractivity contribution is 0.431. The van der Waals surface area contributed by atoms with E-state index in [4.69, 9.17) is 0 Å². The maximum absolute atomic E-state index is 3.73. The van der Waals surface area contributed by atoms with Gasteiger partial charge in [0.2, 0.25) is 0 Å². The van der Waals surface area contributed by atoms with Gasteiger partial charge in [0.05, 0.1) is 0 Å². The van der Waals surface area contributed by atoms with Crippen molar-refractivity contribution in [2.75, 3.05) is 0 Å². The molecule has 0 aromatic carbocycles. The molecule has 13 heavy (non-hydrogen) atoms. The Morgan fingerprint density at radius 1 is 1.08 bits per heavy atom. The molecule has 0 radical (unpaired) electrons. The van der Waals surface area contributed by atoms with Crippen molar-refractivity contribution in [1.29, 1.82) is 0 Å². The van der Waals surface area contributed by atoms with Crippen molar-refractivity contribution in [2.24, 2.45) is 5.92 Å². The van der Waals surface area contributed by atoms with Gasteiger partial charge in [-0.1, -0.05) is 52.0 Å². The minimum atomic E-state index is 0. The molecule has 0 fully saturated rings. The summed E-state index contributed by atoms with van der Waals surface area (Å²) in [6, 6.07) is 0. The average molecular weight is 185 g/mol. The molecule has 0 bridgehead atoms. The molecule has 0 saturated heterocycles. The third-order valence-corrected chi connectivity index (χ3v) is 2.68. The monoisotopic (exact) mass is 185 g/mol. The molecule has 0 heterocycles. The van der Waals surface area contributed by atoms with Crippen LogP contribution in [0.2, 0.25) is 0 Å². The number of hydrogen-bond donors (Lipinski definition) is 1. The Hall–Kier alpha value is -0.300. The summed E-state index contributed by atoms with van der Waals surface area (Å²) >= 11 is 0. The summed E-state index contributed by atoms with van der Waals surface area (Å²) in [4.78, 5) is 0. The third kappa shape index (κ3) is 9.62. The second-order valence-electron chi connectivity index (χ2n) is 3.61. The Labute approximate surface area is 84.2 Å². The number of hydrogen-bond acceptors (Lipinski definition) is 1. The van der Waals surface area contributed by atoms with Gasteiger partial charge >= 0.3 is 0 Å². The minimum absolute atomic E-state index is 0. The fourth-order valence-electron chi connectivity index (χ4n) is 1.60. The quantitative estimate of drug-likeness (QED) is 0.431. The van der Waals surface area contributed by atoms with Gasteiger partial charge in [0, 0.05) is 0 Å². The first kappa shape index (κ1) is 15.2. The molecule has 0 aliphatic rings. The number of unbranched alkanes of at least 4 members (excludes halogenated alkanes) is 3. The molecular formula is C12H27N. The van der Waals surface area contributed by atoms with Crippen LogP contribution < -0.4 is 6.15 Å². The van der Waals surface area contributed by atoms with Gasteiger partial charge < -0.3 is 6.15 Å². The van der Waals surface area contributed by atoms with E-state index in [-0.39, 0.29) is 6.15 Å². The van der Waals surface area contributed by atoms with E-state index in [1.54, 1.807) is 0 Å². The maximum Gasteiger partial charge on any atom is -0.0353 e. The van der Waals surface area contributed by atoms with E-state index in [0.29, 0.717) is 0 Å². The molecular weight excluding hydrogens is 158 g/mol. The van der Waals surface area contributed by atoms with Crippen molar-refractivity contribution >= 4 is 0 Å². The highest BCUT2D eigenvalue weighted by Gasteiger charge is 2.01. The Balaban J connectivity index is 0. The van der Waals surface area contributed by atoms with Gasteiger partial charge in [0.15, 0.2) is 0 Å². The zero-order chi connectivity index (χ0) is 9.23. The molecule has 0 unspecified atom stereocenters. The molecule has 0 saturated carbocycles. The maximum atomic E-state index is 3.73. The van der Waals surface area contributed by atoms with Crippen LogP contribution in [0, 0.1) is 5.92 Å². The summed E-state index contributed by atoms with van der Waals surface area (Å²) in [6.45, 7) is 8.33. The molecule has 0 aromatic heterocycles. The second-order valence-corrected chi connectivity index (χ2v) is 3.61. The minimum Gasteiger partial charge on any atom is -0.344 e. The first-order valence-electron chi connectivity index (χ1n) is 5.46. The van der Waals surface area contributed by atoms with Crippen LogP contribution in [-0.4, -0.2) is 0 Å². The predicted molar refractivity (Wildman–Crippen MR) is 62.4 cm³/mol. The lowest BCUT2D eigenvalue weighted by Gasteiger charge is -2.10. The molecule has 0 aliphatic carbocycles. The molecule has 80 valence electrons. The number of rotatable bonds is 8. The standard InChI is InChI=1S/C12H24.H3N/c1-4-7-8-9-10-11-12(5-2)6-3;/h4,12H,1,5-11H2,2-3H3;1H3. The van der Waals surface area contributed by atoms with E-state index in [9.17, 15) is 0 Å². The van der Waals surface area contributed by atoms with Gasteiger partial charge in [-0.2, -0.15) is 0 Å². The highest BCUT2D eigenvalue weighted by atomic mass is 14.1. The fourth-order valence-corrected chi connectivity index (χ4v) is 1.60. The fraction of sp³-hybridized carbons (Fsp3) is 0.833. The summed E-state index contributed by atoms with van der Waals surface area (Å²) in [5, 5.41) is 0. The molecule has 0 aromatic rings. The molecule has 3 N–H and O–H groups in total.